The number of nitrogens with zero attached hydrogens (tertiary/aromatic N) is 4. The summed E-state index contributed by atoms with van der Waals surface area (Å²) >= 11 is 0. The Hall–Kier alpha value is -2.83. The van der Waals surface area contributed by atoms with Crippen LogP contribution in [0.1, 0.15) is 35.7 Å². The van der Waals surface area contributed by atoms with E-state index in [4.69, 9.17) is 16.7 Å². The van der Waals surface area contributed by atoms with E-state index in [1.165, 1.54) is 0 Å². The van der Waals surface area contributed by atoms with Gasteiger partial charge < -0.3 is 16.7 Å². The fourth-order valence-corrected chi connectivity index (χ4v) is 2.72. The van der Waals surface area contributed by atoms with Gasteiger partial charge in [0.2, 0.25) is 5.95 Å². The first-order chi connectivity index (χ1) is 10.6. The van der Waals surface area contributed by atoms with E-state index in [9.17, 15) is 0 Å². The maximum absolute atomic E-state index is 8.89. The monoisotopic (exact) mass is 298 g/mol. The van der Waals surface area contributed by atoms with Gasteiger partial charge in [-0.2, -0.15) is 5.10 Å². The minimum atomic E-state index is 0.119. The lowest BCUT2D eigenvalue weighted by Gasteiger charge is -2.06. The van der Waals surface area contributed by atoms with Gasteiger partial charge in [-0.05, 0) is 24.8 Å². The van der Waals surface area contributed by atoms with Crippen LogP contribution in [0.15, 0.2) is 34.7 Å². The molecular weight excluding hydrogens is 280 g/mol. The molecule has 5 N–H and O–H groups in total. The second-order valence-corrected chi connectivity index (χ2v) is 5.15. The van der Waals surface area contributed by atoms with Gasteiger partial charge in [-0.1, -0.05) is 30.3 Å². The Morgan fingerprint density at radius 2 is 2.23 bits per heavy atom. The second kappa shape index (κ2) is 5.51. The van der Waals surface area contributed by atoms with Crippen molar-refractivity contribution in [3.05, 3.63) is 46.8 Å². The summed E-state index contributed by atoms with van der Waals surface area (Å²) in [6, 6.07) is 5.71. The normalized spacial score (nSPS) is 16.2. The summed E-state index contributed by atoms with van der Waals surface area (Å²) in [6.07, 6.45) is 4.24. The highest BCUT2D eigenvalue weighted by Crippen LogP contribution is 2.26. The number of rotatable bonds is 3. The molecule has 3 rings (SSSR count). The summed E-state index contributed by atoms with van der Waals surface area (Å²) in [7, 11) is 0. The van der Waals surface area contributed by atoms with E-state index in [1.807, 2.05) is 31.3 Å². The molecule has 1 aliphatic carbocycles. The van der Waals surface area contributed by atoms with Crippen LogP contribution in [-0.4, -0.2) is 26.4 Å². The zero-order chi connectivity index (χ0) is 15.7. The second-order valence-electron chi connectivity index (χ2n) is 5.15. The summed E-state index contributed by atoms with van der Waals surface area (Å²) < 4.78 is 1.61. The molecule has 0 unspecified atom stereocenters. The highest BCUT2D eigenvalue weighted by Gasteiger charge is 2.22. The summed E-state index contributed by atoms with van der Waals surface area (Å²) in [5.41, 5.74) is 16.3. The Kier molecular flexibility index (Phi) is 3.54. The lowest BCUT2D eigenvalue weighted by atomic mass is 10.0. The maximum Gasteiger partial charge on any atom is 0.221 e. The van der Waals surface area contributed by atoms with E-state index in [2.05, 4.69) is 15.2 Å². The van der Waals surface area contributed by atoms with Gasteiger partial charge in [0.15, 0.2) is 5.84 Å². The van der Waals surface area contributed by atoms with Crippen molar-refractivity contribution in [2.24, 2.45) is 16.0 Å². The quantitative estimate of drug-likeness (QED) is 0.343. The molecule has 22 heavy (non-hydrogen) atoms. The van der Waals surface area contributed by atoms with Gasteiger partial charge in [0.05, 0.1) is 17.6 Å². The molecule has 1 heterocycles. The minimum Gasteiger partial charge on any atom is -0.409 e. The van der Waals surface area contributed by atoms with Crippen molar-refractivity contribution in [1.29, 1.82) is 0 Å². The number of aryl methyl sites for hydroxylation is 1. The number of fused-ring (bicyclic) bond motifs is 1. The number of nitrogen functional groups attached to an aromatic ring is 1. The molecule has 0 saturated carbocycles. The third kappa shape index (κ3) is 2.30. The van der Waals surface area contributed by atoms with Crippen molar-refractivity contribution >= 4 is 17.5 Å². The highest BCUT2D eigenvalue weighted by molar-refractivity contribution is 6.08. The van der Waals surface area contributed by atoms with Crippen LogP contribution in [0.4, 0.5) is 5.95 Å². The van der Waals surface area contributed by atoms with Crippen molar-refractivity contribution in [2.45, 2.75) is 26.2 Å². The first kappa shape index (κ1) is 14.1. The Morgan fingerprint density at radius 3 is 2.91 bits per heavy atom. The zero-order valence-corrected chi connectivity index (χ0v) is 12.3. The molecule has 1 aliphatic rings. The third-order valence-electron chi connectivity index (χ3n) is 3.84. The van der Waals surface area contributed by atoms with Crippen LogP contribution in [0.3, 0.4) is 0 Å². The molecule has 2 aromatic rings. The minimum absolute atomic E-state index is 0.119. The lowest BCUT2D eigenvalue weighted by Crippen LogP contribution is -2.15. The molecule has 114 valence electrons. The summed E-state index contributed by atoms with van der Waals surface area (Å²) in [4.78, 5) is 4.25. The summed E-state index contributed by atoms with van der Waals surface area (Å²) in [6.45, 7) is 2.02. The molecule has 0 aliphatic heterocycles. The number of benzene rings is 1. The van der Waals surface area contributed by atoms with Gasteiger partial charge in [-0.15, -0.1) is 0 Å². The Morgan fingerprint density at radius 1 is 1.41 bits per heavy atom. The van der Waals surface area contributed by atoms with Crippen LogP contribution in [0, 0.1) is 0 Å². The summed E-state index contributed by atoms with van der Waals surface area (Å²) in [5.74, 6) is 0.499. The van der Waals surface area contributed by atoms with Crippen LogP contribution >= 0.6 is 0 Å². The van der Waals surface area contributed by atoms with E-state index in [-0.39, 0.29) is 5.84 Å². The number of oxime groups is 1. The van der Waals surface area contributed by atoms with Crippen LogP contribution in [0.25, 0.3) is 0 Å². The smallest absolute Gasteiger partial charge is 0.221 e. The van der Waals surface area contributed by atoms with Crippen molar-refractivity contribution in [2.75, 3.05) is 5.73 Å². The van der Waals surface area contributed by atoms with Gasteiger partial charge in [-0.3, -0.25) is 0 Å². The highest BCUT2D eigenvalue weighted by atomic mass is 16.4. The average Bonchev–Trinajstić information content (AvgIpc) is 3.11. The number of imidazole rings is 1. The molecule has 0 saturated heterocycles. The first-order valence-electron chi connectivity index (χ1n) is 7.15. The third-order valence-corrected chi connectivity index (χ3v) is 3.84. The van der Waals surface area contributed by atoms with Gasteiger partial charge in [0, 0.05) is 11.1 Å². The van der Waals surface area contributed by atoms with Gasteiger partial charge in [0.25, 0.3) is 0 Å². The van der Waals surface area contributed by atoms with E-state index >= 15 is 0 Å². The summed E-state index contributed by atoms with van der Waals surface area (Å²) in [5, 5.41) is 16.6. The lowest BCUT2D eigenvalue weighted by molar-refractivity contribution is 0.318. The molecule has 0 atom stereocenters. The SMILES string of the molecule is CCc1cn(N=C2CCc3c(C(N)=NO)cccc32)c(N)n1. The van der Waals surface area contributed by atoms with Crippen LogP contribution in [-0.2, 0) is 12.8 Å². The Balaban J connectivity index is 2.04. The fraction of sp³-hybridized carbons (Fsp3) is 0.267. The number of anilines is 1. The topological polar surface area (TPSA) is 115 Å². The molecule has 7 nitrogen and oxygen atoms in total. The molecule has 0 fully saturated rings. The number of aromatic nitrogens is 2. The van der Waals surface area contributed by atoms with Crippen LogP contribution < -0.4 is 11.5 Å². The molecule has 7 heteroatoms. The first-order valence-corrected chi connectivity index (χ1v) is 7.15. The predicted molar refractivity (Wildman–Crippen MR) is 85.2 cm³/mol. The molecule has 0 radical (unpaired) electrons. The predicted octanol–water partition coefficient (Wildman–Crippen LogP) is 1.32. The Labute approximate surface area is 127 Å². The molecule has 0 amide bonds. The molecule has 1 aromatic carbocycles. The van der Waals surface area contributed by atoms with E-state index in [1.54, 1.807) is 4.68 Å². The number of hydrogen-bond acceptors (Lipinski definition) is 5. The van der Waals surface area contributed by atoms with Gasteiger partial charge >= 0.3 is 0 Å². The van der Waals surface area contributed by atoms with Crippen LogP contribution in [0.2, 0.25) is 0 Å². The zero-order valence-electron chi connectivity index (χ0n) is 12.3. The van der Waals surface area contributed by atoms with Crippen molar-refractivity contribution < 1.29 is 5.21 Å². The molecule has 1 aromatic heterocycles. The van der Waals surface area contributed by atoms with Crippen molar-refractivity contribution in [3.63, 3.8) is 0 Å². The number of hydrogen-bond donors (Lipinski definition) is 3. The van der Waals surface area contributed by atoms with E-state index < -0.39 is 0 Å². The van der Waals surface area contributed by atoms with E-state index in [0.29, 0.717) is 5.95 Å². The molecule has 0 bridgehead atoms. The van der Waals surface area contributed by atoms with E-state index in [0.717, 1.165) is 47.4 Å². The molecule has 0 spiro atoms. The fourth-order valence-electron chi connectivity index (χ4n) is 2.72. The van der Waals surface area contributed by atoms with Crippen molar-refractivity contribution in [1.82, 2.24) is 9.66 Å². The number of nitrogens with two attached hydrogens (primary N) is 2. The van der Waals surface area contributed by atoms with Crippen LogP contribution in [0.5, 0.6) is 0 Å². The van der Waals surface area contributed by atoms with Gasteiger partial charge in [-0.25, -0.2) is 9.66 Å². The Bertz CT molecular complexity index is 774. The van der Waals surface area contributed by atoms with Crippen molar-refractivity contribution in [3.8, 4) is 0 Å². The number of amidine groups is 1. The standard InChI is InChI=1S/C15H18N6O/c1-2-9-8-21(15(17)18-9)19-13-7-6-10-11(13)4-3-5-12(10)14(16)20-22/h3-5,8,22H,2,6-7H2,1H3,(H2,16,20)(H2,17,18). The average molecular weight is 298 g/mol. The van der Waals surface area contributed by atoms with Gasteiger partial charge in [0.1, 0.15) is 0 Å². The largest absolute Gasteiger partial charge is 0.409 e. The maximum atomic E-state index is 8.89. The molecular formula is C15H18N6O.